The van der Waals surface area contributed by atoms with E-state index in [0.717, 1.165) is 22.3 Å². The first kappa shape index (κ1) is 26.3. The Kier molecular flexibility index (Phi) is 8.18. The van der Waals surface area contributed by atoms with Crippen molar-refractivity contribution in [1.82, 2.24) is 20.4 Å². The number of nitriles is 1. The van der Waals surface area contributed by atoms with Gasteiger partial charge in [-0.3, -0.25) is 4.79 Å². The SMILES string of the molecule is Cc1c(-c2noc(-c3ccc(OC(C)C)c(C#N)c3)n2)ccc2c1CCN(C(=O)CNC(CO)CO)C2. The first-order valence-electron chi connectivity index (χ1n) is 12.2. The van der Waals surface area contributed by atoms with Crippen LogP contribution in [0.1, 0.15) is 36.1 Å². The molecule has 3 N–H and O–H groups in total. The van der Waals surface area contributed by atoms with Crippen LogP contribution in [0.5, 0.6) is 5.75 Å². The zero-order chi connectivity index (χ0) is 26.5. The van der Waals surface area contributed by atoms with Crippen LogP contribution < -0.4 is 10.1 Å². The number of aliphatic hydroxyl groups is 2. The topological polar surface area (TPSA) is 145 Å². The number of hydrogen-bond acceptors (Lipinski definition) is 9. The van der Waals surface area contributed by atoms with Crippen molar-refractivity contribution in [2.24, 2.45) is 0 Å². The Labute approximate surface area is 215 Å². The third kappa shape index (κ3) is 5.80. The number of aromatic nitrogens is 2. The summed E-state index contributed by atoms with van der Waals surface area (Å²) in [5, 5.41) is 34.9. The number of nitrogens with one attached hydrogen (secondary N) is 1. The minimum Gasteiger partial charge on any atom is -0.490 e. The molecule has 1 aromatic heterocycles. The van der Waals surface area contributed by atoms with Gasteiger partial charge in [0.05, 0.1) is 37.5 Å². The summed E-state index contributed by atoms with van der Waals surface area (Å²) in [6.07, 6.45) is 0.643. The van der Waals surface area contributed by atoms with Crippen molar-refractivity contribution in [1.29, 1.82) is 5.26 Å². The van der Waals surface area contributed by atoms with Gasteiger partial charge in [0.1, 0.15) is 11.8 Å². The van der Waals surface area contributed by atoms with E-state index in [9.17, 15) is 20.3 Å². The highest BCUT2D eigenvalue weighted by Crippen LogP contribution is 2.32. The third-order valence-corrected chi connectivity index (χ3v) is 6.40. The average Bonchev–Trinajstić information content (AvgIpc) is 3.39. The molecule has 0 atom stereocenters. The maximum Gasteiger partial charge on any atom is 0.258 e. The molecule has 0 spiro atoms. The molecule has 10 nitrogen and oxygen atoms in total. The van der Waals surface area contributed by atoms with Crippen LogP contribution in [0, 0.1) is 18.3 Å². The fourth-order valence-electron chi connectivity index (χ4n) is 4.38. The lowest BCUT2D eigenvalue weighted by molar-refractivity contribution is -0.131. The quantitative estimate of drug-likeness (QED) is 0.398. The molecule has 4 rings (SSSR count). The lowest BCUT2D eigenvalue weighted by Crippen LogP contribution is -2.45. The van der Waals surface area contributed by atoms with E-state index in [-0.39, 0.29) is 31.8 Å². The second-order valence-corrected chi connectivity index (χ2v) is 9.30. The van der Waals surface area contributed by atoms with Crippen molar-refractivity contribution in [3.63, 3.8) is 0 Å². The Hall–Kier alpha value is -3.78. The standard InChI is InChI=1S/C27H31N5O5/c1-16(2)36-24-7-5-18(10-20(24)11-28)27-30-26(31-37-27)23-6-4-19-13-32(9-8-22(19)17(23)3)25(35)12-29-21(14-33)15-34/h4-7,10,16,21,29,33-34H,8-9,12-15H2,1-3H3. The molecule has 2 aromatic carbocycles. The molecule has 37 heavy (non-hydrogen) atoms. The van der Waals surface area contributed by atoms with Gasteiger partial charge in [0.15, 0.2) is 0 Å². The summed E-state index contributed by atoms with van der Waals surface area (Å²) in [7, 11) is 0. The van der Waals surface area contributed by atoms with Crippen LogP contribution in [0.3, 0.4) is 0 Å². The first-order chi connectivity index (χ1) is 17.8. The van der Waals surface area contributed by atoms with Gasteiger partial charge in [-0.15, -0.1) is 0 Å². The number of amides is 1. The number of carbonyl (C=O) groups excluding carboxylic acids is 1. The van der Waals surface area contributed by atoms with E-state index in [1.165, 1.54) is 0 Å². The largest absolute Gasteiger partial charge is 0.490 e. The lowest BCUT2D eigenvalue weighted by atomic mass is 9.91. The van der Waals surface area contributed by atoms with Gasteiger partial charge in [-0.1, -0.05) is 17.3 Å². The molecule has 1 amide bonds. The van der Waals surface area contributed by atoms with Crippen LogP contribution in [0.25, 0.3) is 22.8 Å². The van der Waals surface area contributed by atoms with Gasteiger partial charge in [-0.05, 0) is 62.1 Å². The van der Waals surface area contributed by atoms with E-state index in [1.54, 1.807) is 23.1 Å². The van der Waals surface area contributed by atoms with Gasteiger partial charge in [0.2, 0.25) is 11.7 Å². The van der Waals surface area contributed by atoms with Gasteiger partial charge in [0.25, 0.3) is 5.89 Å². The van der Waals surface area contributed by atoms with E-state index in [2.05, 4.69) is 21.5 Å². The molecule has 10 heteroatoms. The van der Waals surface area contributed by atoms with Crippen LogP contribution in [0.15, 0.2) is 34.9 Å². The van der Waals surface area contributed by atoms with E-state index < -0.39 is 6.04 Å². The van der Waals surface area contributed by atoms with Crippen molar-refractivity contribution in [3.05, 3.63) is 52.6 Å². The molecule has 1 aliphatic heterocycles. The summed E-state index contributed by atoms with van der Waals surface area (Å²) >= 11 is 0. The molecule has 0 radical (unpaired) electrons. The van der Waals surface area contributed by atoms with E-state index in [1.807, 2.05) is 32.9 Å². The van der Waals surface area contributed by atoms with Gasteiger partial charge in [0, 0.05) is 24.2 Å². The summed E-state index contributed by atoms with van der Waals surface area (Å²) in [6.45, 7) is 6.47. The van der Waals surface area contributed by atoms with Crippen molar-refractivity contribution >= 4 is 5.91 Å². The molecule has 0 saturated carbocycles. The predicted molar refractivity (Wildman–Crippen MR) is 135 cm³/mol. The zero-order valence-electron chi connectivity index (χ0n) is 21.2. The van der Waals surface area contributed by atoms with Gasteiger partial charge in [-0.25, -0.2) is 0 Å². The molecule has 0 saturated heterocycles. The zero-order valence-corrected chi connectivity index (χ0v) is 21.2. The van der Waals surface area contributed by atoms with Crippen molar-refractivity contribution in [3.8, 4) is 34.7 Å². The Morgan fingerprint density at radius 2 is 2.05 bits per heavy atom. The van der Waals surface area contributed by atoms with Crippen LogP contribution in [-0.4, -0.2) is 69.6 Å². The molecule has 0 bridgehead atoms. The summed E-state index contributed by atoms with van der Waals surface area (Å²) in [4.78, 5) is 19.0. The summed E-state index contributed by atoms with van der Waals surface area (Å²) in [5.74, 6) is 1.20. The molecule has 0 unspecified atom stereocenters. The van der Waals surface area contributed by atoms with Gasteiger partial charge < -0.3 is 29.7 Å². The number of hydrogen-bond donors (Lipinski definition) is 3. The number of rotatable bonds is 9. The monoisotopic (exact) mass is 505 g/mol. The number of nitrogens with zero attached hydrogens (tertiary/aromatic N) is 4. The number of carbonyl (C=O) groups is 1. The van der Waals surface area contributed by atoms with E-state index in [0.29, 0.717) is 48.1 Å². The van der Waals surface area contributed by atoms with Gasteiger partial charge in [-0.2, -0.15) is 10.2 Å². The van der Waals surface area contributed by atoms with Crippen molar-refractivity contribution in [2.45, 2.75) is 45.9 Å². The van der Waals surface area contributed by atoms with Crippen LogP contribution in [0.2, 0.25) is 0 Å². The van der Waals surface area contributed by atoms with E-state index >= 15 is 0 Å². The Morgan fingerprint density at radius 1 is 1.27 bits per heavy atom. The van der Waals surface area contributed by atoms with Crippen LogP contribution in [-0.2, 0) is 17.8 Å². The Bertz CT molecular complexity index is 1310. The Balaban J connectivity index is 1.51. The first-order valence-corrected chi connectivity index (χ1v) is 12.2. The smallest absolute Gasteiger partial charge is 0.258 e. The maximum absolute atomic E-state index is 12.6. The normalized spacial score (nSPS) is 13.1. The van der Waals surface area contributed by atoms with E-state index in [4.69, 9.17) is 9.26 Å². The van der Waals surface area contributed by atoms with Gasteiger partial charge >= 0.3 is 0 Å². The molecular weight excluding hydrogens is 474 g/mol. The molecule has 1 aliphatic rings. The molecular formula is C27H31N5O5. The third-order valence-electron chi connectivity index (χ3n) is 6.40. The number of ether oxygens (including phenoxy) is 1. The average molecular weight is 506 g/mol. The summed E-state index contributed by atoms with van der Waals surface area (Å²) in [5.41, 5.74) is 5.14. The summed E-state index contributed by atoms with van der Waals surface area (Å²) in [6, 6.07) is 10.8. The second kappa shape index (κ2) is 11.5. The van der Waals surface area contributed by atoms with Crippen LogP contribution in [0.4, 0.5) is 0 Å². The minimum absolute atomic E-state index is 0.0494. The molecule has 3 aromatic rings. The highest BCUT2D eigenvalue weighted by Gasteiger charge is 2.24. The van der Waals surface area contributed by atoms with Crippen molar-refractivity contribution in [2.75, 3.05) is 26.3 Å². The second-order valence-electron chi connectivity index (χ2n) is 9.30. The fourth-order valence-corrected chi connectivity index (χ4v) is 4.38. The predicted octanol–water partition coefficient (Wildman–Crippen LogP) is 2.20. The summed E-state index contributed by atoms with van der Waals surface area (Å²) < 4.78 is 11.2. The van der Waals surface area contributed by atoms with Crippen LogP contribution >= 0.6 is 0 Å². The number of benzene rings is 2. The molecule has 0 aliphatic carbocycles. The molecule has 194 valence electrons. The molecule has 2 heterocycles. The molecule has 0 fully saturated rings. The minimum atomic E-state index is -0.511. The maximum atomic E-state index is 12.6. The highest BCUT2D eigenvalue weighted by atomic mass is 16.5. The fraction of sp³-hybridized carbons (Fsp3) is 0.407. The number of aliphatic hydroxyl groups excluding tert-OH is 2. The van der Waals surface area contributed by atoms with Crippen molar-refractivity contribution < 1.29 is 24.3 Å². The highest BCUT2D eigenvalue weighted by molar-refractivity contribution is 5.79. The Morgan fingerprint density at radius 3 is 2.76 bits per heavy atom. The number of fused-ring (bicyclic) bond motifs is 1. The lowest BCUT2D eigenvalue weighted by Gasteiger charge is -2.31.